The third kappa shape index (κ3) is 12.2. The van der Waals surface area contributed by atoms with Gasteiger partial charge in [-0.15, -0.1) is 0 Å². The molecule has 3 fully saturated rings. The molecule has 1 atom stereocenters. The minimum atomic E-state index is 0.469. The maximum Gasteiger partial charge on any atom is 0.0101 e. The third-order valence-corrected chi connectivity index (χ3v) is 10.8. The minimum absolute atomic E-state index is 0.469. The van der Waals surface area contributed by atoms with Crippen molar-refractivity contribution in [3.05, 3.63) is 0 Å². The van der Waals surface area contributed by atoms with Crippen molar-refractivity contribution in [1.82, 2.24) is 0 Å². The van der Waals surface area contributed by atoms with E-state index in [0.717, 1.165) is 23.7 Å². The number of nitrogens with two attached hydrogens (primary N) is 1. The second kappa shape index (κ2) is 19.9. The molecule has 1 unspecified atom stereocenters. The maximum atomic E-state index is 7.59. The SMILES string of the molecule is NC(C1CCCCCCCCCC1)C(C1CCCCCCCCCC1)C1CCCCCCCCCC1. The molecular formula is C35H67N. The largest absolute Gasteiger partial charge is 0.327 e. The molecule has 3 aliphatic carbocycles. The van der Waals surface area contributed by atoms with Crippen molar-refractivity contribution in [3.63, 3.8) is 0 Å². The Labute approximate surface area is 227 Å². The van der Waals surface area contributed by atoms with Crippen LogP contribution >= 0.6 is 0 Å². The Bertz CT molecular complexity index is 437. The zero-order chi connectivity index (χ0) is 25.1. The molecule has 0 radical (unpaired) electrons. The van der Waals surface area contributed by atoms with Crippen molar-refractivity contribution < 1.29 is 0 Å². The fourth-order valence-electron chi connectivity index (χ4n) is 8.54. The molecule has 36 heavy (non-hydrogen) atoms. The summed E-state index contributed by atoms with van der Waals surface area (Å²) >= 11 is 0. The number of rotatable bonds is 4. The Morgan fingerprint density at radius 2 is 0.472 bits per heavy atom. The highest BCUT2D eigenvalue weighted by atomic mass is 14.7. The molecule has 3 aliphatic rings. The zero-order valence-corrected chi connectivity index (χ0v) is 24.7. The van der Waals surface area contributed by atoms with Gasteiger partial charge in [0.1, 0.15) is 0 Å². The summed E-state index contributed by atoms with van der Waals surface area (Å²) in [6.45, 7) is 0. The Morgan fingerprint density at radius 1 is 0.278 bits per heavy atom. The first-order chi connectivity index (χ1) is 17.9. The van der Waals surface area contributed by atoms with Gasteiger partial charge in [0.2, 0.25) is 0 Å². The van der Waals surface area contributed by atoms with Crippen molar-refractivity contribution in [1.29, 1.82) is 0 Å². The highest BCUT2D eigenvalue weighted by Crippen LogP contribution is 2.42. The van der Waals surface area contributed by atoms with E-state index in [4.69, 9.17) is 5.73 Å². The van der Waals surface area contributed by atoms with E-state index in [0.29, 0.717) is 6.04 Å². The van der Waals surface area contributed by atoms with Gasteiger partial charge in [0.15, 0.2) is 0 Å². The van der Waals surface area contributed by atoms with E-state index in [1.165, 1.54) is 193 Å². The van der Waals surface area contributed by atoms with Gasteiger partial charge in [0.25, 0.3) is 0 Å². The smallest absolute Gasteiger partial charge is 0.0101 e. The van der Waals surface area contributed by atoms with Gasteiger partial charge in [0.05, 0.1) is 0 Å². The average molecular weight is 502 g/mol. The summed E-state index contributed by atoms with van der Waals surface area (Å²) < 4.78 is 0. The quantitative estimate of drug-likeness (QED) is 0.407. The molecule has 0 aromatic carbocycles. The molecule has 1 nitrogen and oxygen atoms in total. The van der Waals surface area contributed by atoms with Crippen LogP contribution < -0.4 is 5.73 Å². The van der Waals surface area contributed by atoms with Crippen molar-refractivity contribution in [3.8, 4) is 0 Å². The van der Waals surface area contributed by atoms with E-state index >= 15 is 0 Å². The van der Waals surface area contributed by atoms with Crippen LogP contribution in [0, 0.1) is 23.7 Å². The summed E-state index contributed by atoms with van der Waals surface area (Å²) in [5.41, 5.74) is 7.59. The van der Waals surface area contributed by atoms with E-state index in [2.05, 4.69) is 0 Å². The van der Waals surface area contributed by atoms with Gasteiger partial charge in [0, 0.05) is 6.04 Å². The molecule has 1 heteroatoms. The van der Waals surface area contributed by atoms with Crippen LogP contribution in [-0.2, 0) is 0 Å². The lowest BCUT2D eigenvalue weighted by Gasteiger charge is -2.42. The predicted octanol–water partition coefficient (Wildman–Crippen LogP) is 11.5. The topological polar surface area (TPSA) is 26.0 Å². The van der Waals surface area contributed by atoms with E-state index in [1.54, 1.807) is 0 Å². The van der Waals surface area contributed by atoms with Crippen molar-refractivity contribution in [2.75, 3.05) is 0 Å². The molecule has 0 heterocycles. The predicted molar refractivity (Wildman–Crippen MR) is 160 cm³/mol. The summed E-state index contributed by atoms with van der Waals surface area (Å²) in [6, 6.07) is 0.469. The number of hydrogen-bond acceptors (Lipinski definition) is 1. The molecule has 0 amide bonds. The Hall–Kier alpha value is -0.0400. The second-order valence-electron chi connectivity index (χ2n) is 13.7. The van der Waals surface area contributed by atoms with Gasteiger partial charge in [-0.05, 0) is 36.5 Å². The van der Waals surface area contributed by atoms with Gasteiger partial charge < -0.3 is 5.73 Å². The Morgan fingerprint density at radius 3 is 0.722 bits per heavy atom. The summed E-state index contributed by atoms with van der Waals surface area (Å²) in [4.78, 5) is 0. The lowest BCUT2D eigenvalue weighted by molar-refractivity contribution is 0.107. The van der Waals surface area contributed by atoms with E-state index < -0.39 is 0 Å². The molecule has 0 spiro atoms. The molecule has 3 saturated carbocycles. The minimum Gasteiger partial charge on any atom is -0.327 e. The average Bonchev–Trinajstić information content (AvgIpc) is 3.03. The summed E-state index contributed by atoms with van der Waals surface area (Å²) in [7, 11) is 0. The van der Waals surface area contributed by atoms with Crippen LogP contribution in [0.1, 0.15) is 193 Å². The van der Waals surface area contributed by atoms with E-state index in [9.17, 15) is 0 Å². The highest BCUT2D eigenvalue weighted by Gasteiger charge is 2.36. The molecule has 212 valence electrons. The monoisotopic (exact) mass is 502 g/mol. The maximum absolute atomic E-state index is 7.59. The summed E-state index contributed by atoms with van der Waals surface area (Å²) in [5, 5.41) is 0. The fourth-order valence-corrected chi connectivity index (χ4v) is 8.54. The van der Waals surface area contributed by atoms with Gasteiger partial charge in [-0.1, -0.05) is 180 Å². The normalized spacial score (nSPS) is 26.8. The molecular weight excluding hydrogens is 434 g/mol. The van der Waals surface area contributed by atoms with Crippen LogP contribution in [-0.4, -0.2) is 6.04 Å². The summed E-state index contributed by atoms with van der Waals surface area (Å²) in [5.74, 6) is 3.42. The second-order valence-corrected chi connectivity index (χ2v) is 13.7. The van der Waals surface area contributed by atoms with E-state index in [1.807, 2.05) is 0 Å². The lowest BCUT2D eigenvalue weighted by Crippen LogP contribution is -2.45. The van der Waals surface area contributed by atoms with Crippen LogP contribution in [0.3, 0.4) is 0 Å². The molecule has 0 aromatic heterocycles. The van der Waals surface area contributed by atoms with Gasteiger partial charge in [-0.3, -0.25) is 0 Å². The van der Waals surface area contributed by atoms with Crippen LogP contribution in [0.4, 0.5) is 0 Å². The van der Waals surface area contributed by atoms with Gasteiger partial charge in [-0.2, -0.15) is 0 Å². The van der Waals surface area contributed by atoms with Gasteiger partial charge >= 0.3 is 0 Å². The Kier molecular flexibility index (Phi) is 16.9. The summed E-state index contributed by atoms with van der Waals surface area (Å²) in [6.07, 6.45) is 44.2. The molecule has 0 saturated heterocycles. The molecule has 3 rings (SSSR count). The van der Waals surface area contributed by atoms with Crippen molar-refractivity contribution >= 4 is 0 Å². The molecule has 0 bridgehead atoms. The standard InChI is InChI=1S/C35H67N/c36-35(33-29-23-17-11-5-6-12-18-24-30-33)34(31-25-19-13-7-1-2-8-14-20-26-31)32-27-21-15-9-3-4-10-16-22-28-32/h31-35H,1-30,36H2. The fraction of sp³-hybridized carbons (Fsp3) is 1.00. The first-order valence-corrected chi connectivity index (χ1v) is 17.6. The van der Waals surface area contributed by atoms with Crippen LogP contribution in [0.15, 0.2) is 0 Å². The van der Waals surface area contributed by atoms with Crippen LogP contribution in [0.25, 0.3) is 0 Å². The number of hydrogen-bond donors (Lipinski definition) is 1. The Balaban J connectivity index is 1.78. The molecule has 0 aromatic rings. The highest BCUT2D eigenvalue weighted by molar-refractivity contribution is 4.90. The molecule has 0 aliphatic heterocycles. The van der Waals surface area contributed by atoms with Gasteiger partial charge in [-0.25, -0.2) is 0 Å². The van der Waals surface area contributed by atoms with Crippen LogP contribution in [0.5, 0.6) is 0 Å². The zero-order valence-electron chi connectivity index (χ0n) is 24.7. The lowest BCUT2D eigenvalue weighted by atomic mass is 9.66. The van der Waals surface area contributed by atoms with Crippen molar-refractivity contribution in [2.24, 2.45) is 29.4 Å². The molecule has 2 N–H and O–H groups in total. The first-order valence-electron chi connectivity index (χ1n) is 17.6. The van der Waals surface area contributed by atoms with Crippen molar-refractivity contribution in [2.45, 2.75) is 199 Å². The van der Waals surface area contributed by atoms with Crippen LogP contribution in [0.2, 0.25) is 0 Å². The first kappa shape index (κ1) is 30.5. The third-order valence-electron chi connectivity index (χ3n) is 10.8. The van der Waals surface area contributed by atoms with E-state index in [-0.39, 0.29) is 0 Å².